The lowest BCUT2D eigenvalue weighted by Crippen LogP contribution is -2.19. The lowest BCUT2D eigenvalue weighted by Gasteiger charge is -2.13. The largest absolute Gasteiger partial charge is 0.478 e. The molecule has 0 fully saturated rings. The van der Waals surface area contributed by atoms with Crippen LogP contribution in [0, 0.1) is 20.8 Å². The highest BCUT2D eigenvalue weighted by molar-refractivity contribution is 6.12. The Labute approximate surface area is 122 Å². The Morgan fingerprint density at radius 2 is 1.67 bits per heavy atom. The van der Waals surface area contributed by atoms with Crippen LogP contribution < -0.4 is 5.32 Å². The average Bonchev–Trinajstić information content (AvgIpc) is 2.40. The second-order valence-corrected chi connectivity index (χ2v) is 4.89. The molecule has 0 aliphatic rings. The van der Waals surface area contributed by atoms with E-state index in [-0.39, 0.29) is 11.1 Å². The van der Waals surface area contributed by atoms with Crippen LogP contribution in [0.25, 0.3) is 0 Å². The molecule has 0 radical (unpaired) electrons. The van der Waals surface area contributed by atoms with Gasteiger partial charge in [-0.15, -0.1) is 0 Å². The van der Waals surface area contributed by atoms with Crippen LogP contribution in [0.3, 0.4) is 0 Å². The van der Waals surface area contributed by atoms with Gasteiger partial charge in [0.15, 0.2) is 0 Å². The summed E-state index contributed by atoms with van der Waals surface area (Å²) < 4.78 is 0. The Kier molecular flexibility index (Phi) is 4.03. The van der Waals surface area contributed by atoms with Crippen molar-refractivity contribution < 1.29 is 14.7 Å². The molecule has 0 saturated heterocycles. The molecule has 0 atom stereocenters. The number of benzene rings is 1. The van der Waals surface area contributed by atoms with Crippen molar-refractivity contribution in [2.75, 3.05) is 5.32 Å². The Hall–Kier alpha value is -2.69. The quantitative estimate of drug-likeness (QED) is 0.908. The zero-order valence-corrected chi connectivity index (χ0v) is 12.1. The summed E-state index contributed by atoms with van der Waals surface area (Å²) in [5.41, 5.74) is 2.78. The summed E-state index contributed by atoms with van der Waals surface area (Å²) in [5.74, 6) is -1.54. The first-order valence-electron chi connectivity index (χ1n) is 6.47. The number of carbonyl (C=O) groups is 2. The van der Waals surface area contributed by atoms with Gasteiger partial charge in [0.25, 0.3) is 5.91 Å². The lowest BCUT2D eigenvalue weighted by atomic mass is 9.96. The molecule has 2 aromatic rings. The zero-order chi connectivity index (χ0) is 15.6. The zero-order valence-electron chi connectivity index (χ0n) is 12.1. The van der Waals surface area contributed by atoms with Gasteiger partial charge in [-0.25, -0.2) is 4.79 Å². The molecule has 0 spiro atoms. The predicted molar refractivity (Wildman–Crippen MR) is 79.8 cm³/mol. The van der Waals surface area contributed by atoms with Crippen LogP contribution in [0.15, 0.2) is 30.5 Å². The van der Waals surface area contributed by atoms with Crippen molar-refractivity contribution in [1.29, 1.82) is 0 Å². The van der Waals surface area contributed by atoms with Gasteiger partial charge in [-0.3, -0.25) is 9.78 Å². The number of carbonyl (C=O) groups excluding carboxylic acids is 1. The van der Waals surface area contributed by atoms with Crippen molar-refractivity contribution in [3.05, 3.63) is 58.4 Å². The summed E-state index contributed by atoms with van der Waals surface area (Å²) in [6.45, 7) is 5.21. The molecule has 0 aliphatic carbocycles. The van der Waals surface area contributed by atoms with Gasteiger partial charge in [0, 0.05) is 17.6 Å². The standard InChI is InChI=1S/C16H16N2O3/c1-9-4-5-10(2)14(16(20)21)13(9)15(19)18-12-6-7-17-11(3)8-12/h4-8H,1-3H3,(H,20,21)(H,17,18,19). The fraction of sp³-hybridized carbons (Fsp3) is 0.188. The second-order valence-electron chi connectivity index (χ2n) is 4.89. The SMILES string of the molecule is Cc1cc(NC(=O)c2c(C)ccc(C)c2C(=O)O)ccn1. The number of aromatic nitrogens is 1. The number of nitrogens with one attached hydrogen (secondary N) is 1. The highest BCUT2D eigenvalue weighted by Gasteiger charge is 2.21. The first-order chi connectivity index (χ1) is 9.90. The van der Waals surface area contributed by atoms with E-state index in [4.69, 9.17) is 0 Å². The maximum atomic E-state index is 12.4. The Balaban J connectivity index is 2.44. The van der Waals surface area contributed by atoms with Crippen LogP contribution in [0.5, 0.6) is 0 Å². The number of aryl methyl sites for hydroxylation is 3. The van der Waals surface area contributed by atoms with Crippen molar-refractivity contribution in [1.82, 2.24) is 4.98 Å². The van der Waals surface area contributed by atoms with E-state index in [0.717, 1.165) is 5.69 Å². The molecular weight excluding hydrogens is 268 g/mol. The number of amides is 1. The molecule has 2 rings (SSSR count). The number of hydrogen-bond acceptors (Lipinski definition) is 3. The maximum Gasteiger partial charge on any atom is 0.336 e. The summed E-state index contributed by atoms with van der Waals surface area (Å²) in [7, 11) is 0. The van der Waals surface area contributed by atoms with E-state index >= 15 is 0 Å². The van der Waals surface area contributed by atoms with E-state index in [0.29, 0.717) is 16.8 Å². The minimum Gasteiger partial charge on any atom is -0.478 e. The molecule has 1 heterocycles. The molecule has 0 bridgehead atoms. The van der Waals surface area contributed by atoms with Crippen LogP contribution in [0.4, 0.5) is 5.69 Å². The Morgan fingerprint density at radius 1 is 1.05 bits per heavy atom. The molecule has 1 amide bonds. The molecule has 5 nitrogen and oxygen atoms in total. The molecule has 0 aliphatic heterocycles. The van der Waals surface area contributed by atoms with E-state index in [1.54, 1.807) is 44.3 Å². The van der Waals surface area contributed by atoms with Gasteiger partial charge in [-0.2, -0.15) is 0 Å². The van der Waals surface area contributed by atoms with E-state index in [2.05, 4.69) is 10.3 Å². The van der Waals surface area contributed by atoms with Crippen molar-refractivity contribution >= 4 is 17.6 Å². The number of rotatable bonds is 3. The second kappa shape index (κ2) is 5.75. The van der Waals surface area contributed by atoms with Gasteiger partial charge in [-0.1, -0.05) is 12.1 Å². The van der Waals surface area contributed by atoms with Gasteiger partial charge in [0.1, 0.15) is 0 Å². The number of anilines is 1. The Bertz CT molecular complexity index is 723. The highest BCUT2D eigenvalue weighted by atomic mass is 16.4. The monoisotopic (exact) mass is 284 g/mol. The van der Waals surface area contributed by atoms with Crippen molar-refractivity contribution in [3.8, 4) is 0 Å². The number of aromatic carboxylic acids is 1. The maximum absolute atomic E-state index is 12.4. The molecule has 1 aromatic heterocycles. The van der Waals surface area contributed by atoms with Crippen molar-refractivity contribution in [2.24, 2.45) is 0 Å². The third-order valence-electron chi connectivity index (χ3n) is 3.22. The summed E-state index contributed by atoms with van der Waals surface area (Å²) in [5, 5.41) is 12.1. The smallest absolute Gasteiger partial charge is 0.336 e. The van der Waals surface area contributed by atoms with Crippen LogP contribution in [0.2, 0.25) is 0 Å². The first kappa shape index (κ1) is 14.7. The summed E-state index contributed by atoms with van der Waals surface area (Å²) >= 11 is 0. The third-order valence-corrected chi connectivity index (χ3v) is 3.22. The summed E-state index contributed by atoms with van der Waals surface area (Å²) in [6, 6.07) is 6.83. The van der Waals surface area contributed by atoms with Crippen LogP contribution in [0.1, 0.15) is 37.5 Å². The first-order valence-corrected chi connectivity index (χ1v) is 6.47. The summed E-state index contributed by atoms with van der Waals surface area (Å²) in [4.78, 5) is 27.9. The predicted octanol–water partition coefficient (Wildman–Crippen LogP) is 2.96. The minimum atomic E-state index is -1.10. The molecular formula is C16H16N2O3. The molecule has 21 heavy (non-hydrogen) atoms. The number of pyridine rings is 1. The fourth-order valence-electron chi connectivity index (χ4n) is 2.20. The van der Waals surface area contributed by atoms with E-state index in [9.17, 15) is 14.7 Å². The van der Waals surface area contributed by atoms with Gasteiger partial charge >= 0.3 is 5.97 Å². The van der Waals surface area contributed by atoms with Crippen LogP contribution in [-0.4, -0.2) is 22.0 Å². The van der Waals surface area contributed by atoms with Crippen molar-refractivity contribution in [3.63, 3.8) is 0 Å². The lowest BCUT2D eigenvalue weighted by molar-refractivity contribution is 0.0691. The van der Waals surface area contributed by atoms with Gasteiger partial charge in [0.05, 0.1) is 11.1 Å². The fourth-order valence-corrected chi connectivity index (χ4v) is 2.20. The molecule has 0 unspecified atom stereocenters. The molecule has 2 N–H and O–H groups in total. The van der Waals surface area contributed by atoms with E-state index in [1.807, 2.05) is 6.92 Å². The van der Waals surface area contributed by atoms with Gasteiger partial charge in [0.2, 0.25) is 0 Å². The average molecular weight is 284 g/mol. The van der Waals surface area contributed by atoms with E-state index in [1.165, 1.54) is 0 Å². The van der Waals surface area contributed by atoms with Crippen LogP contribution >= 0.6 is 0 Å². The molecule has 108 valence electrons. The topological polar surface area (TPSA) is 79.3 Å². The molecule has 0 saturated carbocycles. The molecule has 1 aromatic carbocycles. The van der Waals surface area contributed by atoms with Gasteiger partial charge in [-0.05, 0) is 44.0 Å². The number of carboxylic acid groups (broad SMARTS) is 1. The Morgan fingerprint density at radius 3 is 2.24 bits per heavy atom. The normalized spacial score (nSPS) is 10.2. The number of hydrogen-bond donors (Lipinski definition) is 2. The van der Waals surface area contributed by atoms with Gasteiger partial charge < -0.3 is 10.4 Å². The summed E-state index contributed by atoms with van der Waals surface area (Å²) in [6.07, 6.45) is 1.59. The third kappa shape index (κ3) is 3.08. The molecule has 5 heteroatoms. The number of carboxylic acids is 1. The van der Waals surface area contributed by atoms with Crippen molar-refractivity contribution in [2.45, 2.75) is 20.8 Å². The highest BCUT2D eigenvalue weighted by Crippen LogP contribution is 2.20. The minimum absolute atomic E-state index is 0.0401. The van der Waals surface area contributed by atoms with Crippen LogP contribution in [-0.2, 0) is 0 Å². The number of nitrogens with zero attached hydrogens (tertiary/aromatic N) is 1. The van der Waals surface area contributed by atoms with E-state index < -0.39 is 11.9 Å².